The van der Waals surface area contributed by atoms with Crippen LogP contribution in [0.2, 0.25) is 0 Å². The first-order valence-corrected chi connectivity index (χ1v) is 9.70. The van der Waals surface area contributed by atoms with Gasteiger partial charge in [0.05, 0.1) is 23.1 Å². The molecule has 3 aromatic carbocycles. The van der Waals surface area contributed by atoms with E-state index in [1.165, 1.54) is 30.3 Å². The van der Waals surface area contributed by atoms with Crippen LogP contribution in [0.15, 0.2) is 66.7 Å². The van der Waals surface area contributed by atoms with Crippen molar-refractivity contribution < 1.29 is 27.6 Å². The van der Waals surface area contributed by atoms with Gasteiger partial charge in [-0.25, -0.2) is 9.97 Å². The summed E-state index contributed by atoms with van der Waals surface area (Å²) < 4.78 is 46.3. The molecule has 0 fully saturated rings. The number of halogens is 3. The standard InChI is InChI=1S/C22H16F3N5O4/c1-33-16-7-2-13(3-8-16)26-20-21(27-14-4-9-17(10-5-14)34-22(23,24)25)29-19-12-15(30(31)32)6-11-18(19)28-20/h2-12H,1H3,(H,26,28)(H,27,29). The van der Waals surface area contributed by atoms with Crippen LogP contribution in [0.3, 0.4) is 0 Å². The lowest BCUT2D eigenvalue weighted by molar-refractivity contribution is -0.384. The number of fused-ring (bicyclic) bond motifs is 1. The van der Waals surface area contributed by atoms with Crippen molar-refractivity contribution in [2.24, 2.45) is 0 Å². The minimum atomic E-state index is -4.80. The number of methoxy groups -OCH3 is 1. The fraction of sp³-hybridized carbons (Fsp3) is 0.0909. The molecule has 0 aliphatic rings. The van der Waals surface area contributed by atoms with E-state index in [9.17, 15) is 23.3 Å². The van der Waals surface area contributed by atoms with E-state index in [1.807, 2.05) is 0 Å². The predicted octanol–water partition coefficient (Wildman–Crippen LogP) is 5.93. The Morgan fingerprint density at radius 3 is 1.85 bits per heavy atom. The van der Waals surface area contributed by atoms with E-state index in [0.29, 0.717) is 28.5 Å². The summed E-state index contributed by atoms with van der Waals surface area (Å²) >= 11 is 0. The van der Waals surface area contributed by atoms with E-state index in [0.717, 1.165) is 12.1 Å². The number of alkyl halides is 3. The van der Waals surface area contributed by atoms with Gasteiger partial charge in [-0.15, -0.1) is 13.2 Å². The Morgan fingerprint density at radius 2 is 1.35 bits per heavy atom. The Kier molecular flexibility index (Phi) is 6.04. The number of non-ortho nitro benzene ring substituents is 1. The SMILES string of the molecule is COc1ccc(Nc2nc3ccc([N+](=O)[O-])cc3nc2Nc2ccc(OC(F)(F)F)cc2)cc1. The molecule has 0 unspecified atom stereocenters. The second kappa shape index (κ2) is 9.10. The molecule has 0 atom stereocenters. The molecule has 1 aromatic heterocycles. The zero-order valence-corrected chi connectivity index (χ0v) is 17.5. The van der Waals surface area contributed by atoms with Gasteiger partial charge < -0.3 is 20.1 Å². The molecule has 4 aromatic rings. The Labute approximate surface area is 190 Å². The van der Waals surface area contributed by atoms with Crippen molar-refractivity contribution >= 4 is 39.7 Å². The number of benzene rings is 3. The topological polar surface area (TPSA) is 111 Å². The maximum Gasteiger partial charge on any atom is 0.573 e. The number of hydrogen-bond donors (Lipinski definition) is 2. The van der Waals surface area contributed by atoms with Gasteiger partial charge in [-0.05, 0) is 54.6 Å². The van der Waals surface area contributed by atoms with Crippen molar-refractivity contribution in [2.45, 2.75) is 6.36 Å². The summed E-state index contributed by atoms with van der Waals surface area (Å²) in [6, 6.07) is 16.1. The highest BCUT2D eigenvalue weighted by atomic mass is 19.4. The molecule has 0 aliphatic heterocycles. The lowest BCUT2D eigenvalue weighted by Crippen LogP contribution is -2.17. The lowest BCUT2D eigenvalue weighted by Gasteiger charge is -2.14. The molecule has 0 amide bonds. The average molecular weight is 471 g/mol. The molecule has 4 rings (SSSR count). The molecule has 34 heavy (non-hydrogen) atoms. The third-order valence-corrected chi connectivity index (χ3v) is 4.56. The van der Waals surface area contributed by atoms with Crippen molar-refractivity contribution in [3.8, 4) is 11.5 Å². The van der Waals surface area contributed by atoms with Crippen LogP contribution in [-0.2, 0) is 0 Å². The number of nitrogens with zero attached hydrogens (tertiary/aromatic N) is 3. The third-order valence-electron chi connectivity index (χ3n) is 4.56. The highest BCUT2D eigenvalue weighted by Gasteiger charge is 2.31. The second-order valence-electron chi connectivity index (χ2n) is 6.90. The fourth-order valence-electron chi connectivity index (χ4n) is 3.02. The Hall–Kier alpha value is -4.61. The zero-order chi connectivity index (χ0) is 24.3. The monoisotopic (exact) mass is 471 g/mol. The molecular weight excluding hydrogens is 455 g/mol. The van der Waals surface area contributed by atoms with Crippen LogP contribution >= 0.6 is 0 Å². The largest absolute Gasteiger partial charge is 0.573 e. The van der Waals surface area contributed by atoms with E-state index >= 15 is 0 Å². The summed E-state index contributed by atoms with van der Waals surface area (Å²) in [5.74, 6) is 0.771. The van der Waals surface area contributed by atoms with Gasteiger partial charge in [-0.2, -0.15) is 0 Å². The number of aromatic nitrogens is 2. The predicted molar refractivity (Wildman–Crippen MR) is 119 cm³/mol. The van der Waals surface area contributed by atoms with Crippen LogP contribution in [-0.4, -0.2) is 28.4 Å². The van der Waals surface area contributed by atoms with Crippen LogP contribution in [0.5, 0.6) is 11.5 Å². The minimum Gasteiger partial charge on any atom is -0.497 e. The summed E-state index contributed by atoms with van der Waals surface area (Å²) in [6.45, 7) is 0. The molecule has 0 radical (unpaired) electrons. The Morgan fingerprint density at radius 1 is 0.824 bits per heavy atom. The van der Waals surface area contributed by atoms with E-state index < -0.39 is 11.3 Å². The Balaban J connectivity index is 1.70. The number of ether oxygens (including phenoxy) is 2. The smallest absolute Gasteiger partial charge is 0.497 e. The molecule has 0 saturated heterocycles. The van der Waals surface area contributed by atoms with Gasteiger partial charge in [-0.3, -0.25) is 10.1 Å². The van der Waals surface area contributed by atoms with E-state index in [-0.39, 0.29) is 22.8 Å². The van der Waals surface area contributed by atoms with Crippen LogP contribution in [0, 0.1) is 10.1 Å². The van der Waals surface area contributed by atoms with Crippen LogP contribution in [0.1, 0.15) is 0 Å². The van der Waals surface area contributed by atoms with Crippen LogP contribution in [0.4, 0.5) is 41.9 Å². The molecule has 0 bridgehead atoms. The summed E-state index contributed by atoms with van der Waals surface area (Å²) in [7, 11) is 1.55. The molecule has 2 N–H and O–H groups in total. The van der Waals surface area contributed by atoms with Gasteiger partial charge >= 0.3 is 6.36 Å². The number of rotatable bonds is 7. The first-order chi connectivity index (χ1) is 16.2. The fourth-order valence-corrected chi connectivity index (χ4v) is 3.02. The first-order valence-electron chi connectivity index (χ1n) is 9.70. The number of hydrogen-bond acceptors (Lipinski definition) is 8. The first kappa shape index (κ1) is 22.6. The van der Waals surface area contributed by atoms with Gasteiger partial charge in [0.1, 0.15) is 11.5 Å². The van der Waals surface area contributed by atoms with E-state index in [1.54, 1.807) is 31.4 Å². The summed E-state index contributed by atoms with van der Waals surface area (Å²) in [6.07, 6.45) is -4.80. The van der Waals surface area contributed by atoms with Gasteiger partial charge in [0.2, 0.25) is 0 Å². The molecule has 1 heterocycles. The molecule has 0 aliphatic carbocycles. The number of nitrogens with one attached hydrogen (secondary N) is 2. The number of nitro groups is 1. The van der Waals surface area contributed by atoms with Crippen molar-refractivity contribution in [1.82, 2.24) is 9.97 Å². The minimum absolute atomic E-state index is 0.155. The van der Waals surface area contributed by atoms with Crippen LogP contribution < -0.4 is 20.1 Å². The molecule has 174 valence electrons. The molecule has 0 saturated carbocycles. The third kappa shape index (κ3) is 5.41. The average Bonchev–Trinajstić information content (AvgIpc) is 2.80. The van der Waals surface area contributed by atoms with Crippen molar-refractivity contribution in [3.05, 3.63) is 76.8 Å². The zero-order valence-electron chi connectivity index (χ0n) is 17.5. The summed E-state index contributed by atoms with van der Waals surface area (Å²) in [5, 5.41) is 17.2. The quantitative estimate of drug-likeness (QED) is 0.252. The normalized spacial score (nSPS) is 11.2. The van der Waals surface area contributed by atoms with E-state index in [4.69, 9.17) is 4.74 Å². The maximum atomic E-state index is 12.4. The molecule has 0 spiro atoms. The lowest BCUT2D eigenvalue weighted by atomic mass is 10.2. The summed E-state index contributed by atoms with van der Waals surface area (Å²) in [4.78, 5) is 19.6. The van der Waals surface area contributed by atoms with Crippen molar-refractivity contribution in [1.29, 1.82) is 0 Å². The highest BCUT2D eigenvalue weighted by molar-refractivity contribution is 5.84. The highest BCUT2D eigenvalue weighted by Crippen LogP contribution is 2.31. The number of nitro benzene ring substituents is 1. The van der Waals surface area contributed by atoms with Crippen LogP contribution in [0.25, 0.3) is 11.0 Å². The second-order valence-corrected chi connectivity index (χ2v) is 6.90. The Bertz CT molecular complexity index is 1330. The summed E-state index contributed by atoms with van der Waals surface area (Å²) in [5.41, 5.74) is 1.56. The van der Waals surface area contributed by atoms with Gasteiger partial charge in [0, 0.05) is 23.5 Å². The van der Waals surface area contributed by atoms with Gasteiger partial charge in [0.15, 0.2) is 11.6 Å². The maximum absolute atomic E-state index is 12.4. The van der Waals surface area contributed by atoms with Gasteiger partial charge in [-0.1, -0.05) is 0 Å². The van der Waals surface area contributed by atoms with Gasteiger partial charge in [0.25, 0.3) is 5.69 Å². The molecular formula is C22H16F3N5O4. The number of anilines is 4. The van der Waals surface area contributed by atoms with Crippen molar-refractivity contribution in [2.75, 3.05) is 17.7 Å². The molecule has 12 heteroatoms. The van der Waals surface area contributed by atoms with Crippen molar-refractivity contribution in [3.63, 3.8) is 0 Å². The molecule has 9 nitrogen and oxygen atoms in total. The van der Waals surface area contributed by atoms with E-state index in [2.05, 4.69) is 25.3 Å².